The largest absolute Gasteiger partial charge is 0.398 e. The van der Waals surface area contributed by atoms with Gasteiger partial charge in [0.1, 0.15) is 0 Å². The lowest BCUT2D eigenvalue weighted by molar-refractivity contribution is -0.387. The molecule has 2 aromatic rings. The third-order valence-corrected chi connectivity index (χ3v) is 4.23. The van der Waals surface area contributed by atoms with Gasteiger partial charge in [-0.2, -0.15) is 4.39 Å². The fourth-order valence-corrected chi connectivity index (χ4v) is 2.87. The number of nitrogens with zero attached hydrogens (tertiary/aromatic N) is 1. The molecule has 0 amide bonds. The van der Waals surface area contributed by atoms with Crippen molar-refractivity contribution in [1.29, 1.82) is 0 Å². The van der Waals surface area contributed by atoms with Gasteiger partial charge in [0.15, 0.2) is 0 Å². The molecule has 0 bridgehead atoms. The van der Waals surface area contributed by atoms with Gasteiger partial charge >= 0.3 is 5.69 Å². The minimum absolute atomic E-state index is 0.487. The van der Waals surface area contributed by atoms with E-state index in [1.165, 1.54) is 23.9 Å². The van der Waals surface area contributed by atoms with Gasteiger partial charge in [-0.15, -0.1) is 11.8 Å². The van der Waals surface area contributed by atoms with Gasteiger partial charge in [0.2, 0.25) is 5.82 Å². The first-order valence-electron chi connectivity index (χ1n) is 5.58. The minimum atomic E-state index is -0.822. The van der Waals surface area contributed by atoms with E-state index in [4.69, 9.17) is 5.73 Å². The molecule has 0 aromatic heterocycles. The maximum absolute atomic E-state index is 13.5. The van der Waals surface area contributed by atoms with Crippen molar-refractivity contribution >= 4 is 39.1 Å². The van der Waals surface area contributed by atoms with Crippen molar-refractivity contribution in [2.24, 2.45) is 0 Å². The summed E-state index contributed by atoms with van der Waals surface area (Å²) >= 11 is 4.77. The van der Waals surface area contributed by atoms with Gasteiger partial charge in [-0.1, -0.05) is 22.0 Å². The molecular weight excluding hydrogens is 347 g/mol. The van der Waals surface area contributed by atoms with E-state index in [2.05, 4.69) is 15.9 Å². The Morgan fingerprint density at radius 1 is 1.30 bits per heavy atom. The number of anilines is 1. The SMILES string of the molecule is Nc1cc(Br)ccc1SCc1ccc([N+](=O)[O-])c(F)c1. The average Bonchev–Trinajstić information content (AvgIpc) is 2.37. The molecule has 0 aliphatic heterocycles. The van der Waals surface area contributed by atoms with E-state index in [0.717, 1.165) is 9.37 Å². The zero-order chi connectivity index (χ0) is 14.7. The summed E-state index contributed by atoms with van der Waals surface area (Å²) in [5.41, 5.74) is 6.65. The second kappa shape index (κ2) is 6.23. The number of rotatable bonds is 4. The molecule has 0 fully saturated rings. The number of thioether (sulfide) groups is 1. The molecule has 2 rings (SSSR count). The van der Waals surface area contributed by atoms with Crippen LogP contribution >= 0.6 is 27.7 Å². The molecule has 0 aliphatic rings. The summed E-state index contributed by atoms with van der Waals surface area (Å²) in [5.74, 6) is -0.335. The van der Waals surface area contributed by atoms with E-state index in [0.29, 0.717) is 17.0 Å². The van der Waals surface area contributed by atoms with Crippen molar-refractivity contribution in [3.8, 4) is 0 Å². The van der Waals surface area contributed by atoms with Crippen LogP contribution in [0.3, 0.4) is 0 Å². The Labute approximate surface area is 127 Å². The number of nitrogen functional groups attached to an aromatic ring is 1. The minimum Gasteiger partial charge on any atom is -0.398 e. The highest BCUT2D eigenvalue weighted by molar-refractivity contribution is 9.10. The number of benzene rings is 2. The van der Waals surface area contributed by atoms with Crippen molar-refractivity contribution < 1.29 is 9.31 Å². The number of halogens is 2. The molecule has 104 valence electrons. The van der Waals surface area contributed by atoms with Crippen LogP contribution in [-0.2, 0) is 5.75 Å². The van der Waals surface area contributed by atoms with Crippen LogP contribution in [0.2, 0.25) is 0 Å². The normalized spacial score (nSPS) is 10.5. The van der Waals surface area contributed by atoms with Gasteiger partial charge in [-0.05, 0) is 29.8 Å². The lowest BCUT2D eigenvalue weighted by atomic mass is 10.2. The number of hydrogen-bond acceptors (Lipinski definition) is 4. The second-order valence-corrected chi connectivity index (χ2v) is 5.95. The van der Waals surface area contributed by atoms with Gasteiger partial charge in [-0.25, -0.2) is 0 Å². The molecule has 20 heavy (non-hydrogen) atoms. The number of nitro benzene ring substituents is 1. The van der Waals surface area contributed by atoms with E-state index in [1.54, 1.807) is 12.1 Å². The Kier molecular flexibility index (Phi) is 4.61. The number of nitro groups is 1. The fraction of sp³-hybridized carbons (Fsp3) is 0.0769. The molecule has 0 spiro atoms. The lowest BCUT2D eigenvalue weighted by Crippen LogP contribution is -1.94. The predicted molar refractivity (Wildman–Crippen MR) is 81.2 cm³/mol. The molecule has 0 aliphatic carbocycles. The van der Waals surface area contributed by atoms with Crippen LogP contribution in [0.5, 0.6) is 0 Å². The molecule has 2 N–H and O–H groups in total. The zero-order valence-corrected chi connectivity index (χ0v) is 12.6. The molecular formula is C13H10BrFN2O2S. The monoisotopic (exact) mass is 356 g/mol. The summed E-state index contributed by atoms with van der Waals surface area (Å²) in [5, 5.41) is 10.5. The molecule has 2 aromatic carbocycles. The van der Waals surface area contributed by atoms with Gasteiger partial charge in [0.25, 0.3) is 0 Å². The van der Waals surface area contributed by atoms with Crippen molar-refractivity contribution in [2.45, 2.75) is 10.6 Å². The maximum atomic E-state index is 13.5. The quantitative estimate of drug-likeness (QED) is 0.382. The Bertz CT molecular complexity index is 667. The van der Waals surface area contributed by atoms with E-state index >= 15 is 0 Å². The van der Waals surface area contributed by atoms with Crippen LogP contribution in [0.25, 0.3) is 0 Å². The average molecular weight is 357 g/mol. The Morgan fingerprint density at radius 3 is 2.65 bits per heavy atom. The topological polar surface area (TPSA) is 69.2 Å². The Hall–Kier alpha value is -1.60. The highest BCUT2D eigenvalue weighted by Gasteiger charge is 2.13. The van der Waals surface area contributed by atoms with Crippen LogP contribution in [0.4, 0.5) is 15.8 Å². The van der Waals surface area contributed by atoms with Crippen LogP contribution in [0, 0.1) is 15.9 Å². The first kappa shape index (κ1) is 14.8. The molecule has 0 unspecified atom stereocenters. The van der Waals surface area contributed by atoms with E-state index < -0.39 is 16.4 Å². The highest BCUT2D eigenvalue weighted by Crippen LogP contribution is 2.31. The molecule has 0 heterocycles. The van der Waals surface area contributed by atoms with E-state index in [1.807, 2.05) is 12.1 Å². The van der Waals surface area contributed by atoms with Gasteiger partial charge in [-0.3, -0.25) is 10.1 Å². The third kappa shape index (κ3) is 3.49. The third-order valence-electron chi connectivity index (χ3n) is 2.57. The molecule has 0 saturated heterocycles. The molecule has 0 saturated carbocycles. The van der Waals surface area contributed by atoms with Gasteiger partial charge in [0, 0.05) is 26.9 Å². The van der Waals surface area contributed by atoms with Gasteiger partial charge < -0.3 is 5.73 Å². The molecule has 0 radical (unpaired) electrons. The van der Waals surface area contributed by atoms with Crippen LogP contribution < -0.4 is 5.73 Å². The fourth-order valence-electron chi connectivity index (χ4n) is 1.60. The lowest BCUT2D eigenvalue weighted by Gasteiger charge is -2.06. The maximum Gasteiger partial charge on any atom is 0.304 e. The summed E-state index contributed by atoms with van der Waals surface area (Å²) in [6.45, 7) is 0. The van der Waals surface area contributed by atoms with Gasteiger partial charge in [0.05, 0.1) is 4.92 Å². The highest BCUT2D eigenvalue weighted by atomic mass is 79.9. The summed E-state index contributed by atoms with van der Waals surface area (Å²) < 4.78 is 14.4. The van der Waals surface area contributed by atoms with Crippen LogP contribution in [-0.4, -0.2) is 4.92 Å². The standard InChI is InChI=1S/C13H10BrFN2O2S/c14-9-2-4-13(11(16)6-9)20-7-8-1-3-12(17(18)19)10(15)5-8/h1-6H,7,16H2. The van der Waals surface area contributed by atoms with Crippen molar-refractivity contribution in [3.63, 3.8) is 0 Å². The smallest absolute Gasteiger partial charge is 0.304 e. The van der Waals surface area contributed by atoms with Crippen molar-refractivity contribution in [3.05, 3.63) is 62.4 Å². The van der Waals surface area contributed by atoms with Crippen molar-refractivity contribution in [2.75, 3.05) is 5.73 Å². The molecule has 7 heteroatoms. The van der Waals surface area contributed by atoms with E-state index in [-0.39, 0.29) is 0 Å². The summed E-state index contributed by atoms with van der Waals surface area (Å²) in [6, 6.07) is 9.43. The van der Waals surface area contributed by atoms with Crippen LogP contribution in [0.15, 0.2) is 45.8 Å². The Morgan fingerprint density at radius 2 is 2.05 bits per heavy atom. The number of nitrogens with two attached hydrogens (primary N) is 1. The summed E-state index contributed by atoms with van der Waals surface area (Å²) in [6.07, 6.45) is 0. The zero-order valence-electron chi connectivity index (χ0n) is 10.2. The molecule has 0 atom stereocenters. The first-order valence-corrected chi connectivity index (χ1v) is 7.36. The molecule has 4 nitrogen and oxygen atoms in total. The second-order valence-electron chi connectivity index (χ2n) is 4.01. The Balaban J connectivity index is 2.11. The number of hydrogen-bond donors (Lipinski definition) is 1. The predicted octanol–water partition coefficient (Wildman–Crippen LogP) is 4.37. The van der Waals surface area contributed by atoms with E-state index in [9.17, 15) is 14.5 Å². The van der Waals surface area contributed by atoms with Crippen molar-refractivity contribution in [1.82, 2.24) is 0 Å². The first-order chi connectivity index (χ1) is 9.47. The van der Waals surface area contributed by atoms with Crippen LogP contribution in [0.1, 0.15) is 5.56 Å². The summed E-state index contributed by atoms with van der Waals surface area (Å²) in [7, 11) is 0. The summed E-state index contributed by atoms with van der Waals surface area (Å²) in [4.78, 5) is 10.7.